The second kappa shape index (κ2) is 9.26. The van der Waals surface area contributed by atoms with Crippen LogP contribution in [0.2, 0.25) is 0 Å². The normalized spacial score (nSPS) is 27.5. The molecule has 158 valence electrons. The monoisotopic (exact) mass is 399 g/mol. The summed E-state index contributed by atoms with van der Waals surface area (Å²) in [5.41, 5.74) is 2.34. The van der Waals surface area contributed by atoms with Crippen LogP contribution in [-0.2, 0) is 20.7 Å². The van der Waals surface area contributed by atoms with Crippen LogP contribution >= 0.6 is 0 Å². The minimum Gasteiger partial charge on any atom is -0.379 e. The predicted octanol–water partition coefficient (Wildman–Crippen LogP) is 2.22. The van der Waals surface area contributed by atoms with Crippen LogP contribution in [0, 0.1) is 11.8 Å². The quantitative estimate of drug-likeness (QED) is 0.825. The number of carbonyl (C=O) groups is 2. The van der Waals surface area contributed by atoms with Crippen LogP contribution in [0.25, 0.3) is 0 Å². The van der Waals surface area contributed by atoms with Crippen LogP contribution in [0.5, 0.6) is 0 Å². The van der Waals surface area contributed by atoms with Gasteiger partial charge in [-0.2, -0.15) is 0 Å². The second-order valence-corrected chi connectivity index (χ2v) is 8.68. The van der Waals surface area contributed by atoms with Crippen LogP contribution in [0.3, 0.4) is 0 Å². The first-order chi connectivity index (χ1) is 14.1. The Bertz CT molecular complexity index is 724. The van der Waals surface area contributed by atoms with E-state index < -0.39 is 0 Å². The molecule has 2 amide bonds. The highest BCUT2D eigenvalue weighted by atomic mass is 16.5. The van der Waals surface area contributed by atoms with Gasteiger partial charge in [-0.3, -0.25) is 14.5 Å². The molecule has 0 bridgehead atoms. The maximum atomic E-state index is 13.2. The maximum absolute atomic E-state index is 13.2. The third-order valence-corrected chi connectivity index (χ3v) is 6.72. The number of ether oxygens (including phenoxy) is 1. The number of rotatable bonds is 5. The number of nitrogens with one attached hydrogen (secondary N) is 1. The second-order valence-electron chi connectivity index (χ2n) is 8.68. The summed E-state index contributed by atoms with van der Waals surface area (Å²) in [5.74, 6) is 0.491. The molecule has 6 nitrogen and oxygen atoms in total. The Balaban J connectivity index is 1.24. The molecule has 0 aromatic heterocycles. The molecule has 2 heterocycles. The summed E-state index contributed by atoms with van der Waals surface area (Å²) >= 11 is 0. The lowest BCUT2D eigenvalue weighted by Crippen LogP contribution is -2.44. The molecule has 1 saturated carbocycles. The van der Waals surface area contributed by atoms with Gasteiger partial charge in [0.25, 0.3) is 0 Å². The number of benzene rings is 1. The predicted molar refractivity (Wildman–Crippen MR) is 113 cm³/mol. The Hall–Kier alpha value is -1.92. The molecule has 2 aliphatic heterocycles. The Kier molecular flexibility index (Phi) is 6.50. The standard InChI is InChI=1S/C23H33N3O3/c1-17-16-20-4-2-3-5-21(20)26(17)23(28)19-8-6-18(7-9-19)22(27)24-10-11-25-12-14-29-15-13-25/h2-5,17-19H,6-16H2,1H3,(H,24,27). The van der Waals surface area contributed by atoms with Gasteiger partial charge in [0, 0.05) is 49.7 Å². The number of anilines is 1. The summed E-state index contributed by atoms with van der Waals surface area (Å²) < 4.78 is 5.35. The summed E-state index contributed by atoms with van der Waals surface area (Å²) in [4.78, 5) is 30.1. The number of hydrogen-bond donors (Lipinski definition) is 1. The molecule has 29 heavy (non-hydrogen) atoms. The molecule has 0 spiro atoms. The highest BCUT2D eigenvalue weighted by molar-refractivity contribution is 5.97. The van der Waals surface area contributed by atoms with E-state index >= 15 is 0 Å². The number of morpholine rings is 1. The van der Waals surface area contributed by atoms with Gasteiger partial charge >= 0.3 is 0 Å². The van der Waals surface area contributed by atoms with Gasteiger partial charge in [0.2, 0.25) is 11.8 Å². The van der Waals surface area contributed by atoms with Crippen molar-refractivity contribution >= 4 is 17.5 Å². The molecular formula is C23H33N3O3. The molecule has 4 rings (SSSR count). The van der Waals surface area contributed by atoms with E-state index in [9.17, 15) is 9.59 Å². The fourth-order valence-electron chi connectivity index (χ4n) is 5.01. The fraction of sp³-hybridized carbons (Fsp3) is 0.652. The van der Waals surface area contributed by atoms with Crippen molar-refractivity contribution in [2.75, 3.05) is 44.3 Å². The largest absolute Gasteiger partial charge is 0.379 e. The lowest BCUT2D eigenvalue weighted by Gasteiger charge is -2.32. The highest BCUT2D eigenvalue weighted by Gasteiger charge is 2.37. The van der Waals surface area contributed by atoms with Crippen LogP contribution in [0.1, 0.15) is 38.2 Å². The topological polar surface area (TPSA) is 61.9 Å². The van der Waals surface area contributed by atoms with Crippen molar-refractivity contribution in [3.8, 4) is 0 Å². The van der Waals surface area contributed by atoms with E-state index in [1.165, 1.54) is 5.56 Å². The summed E-state index contributed by atoms with van der Waals surface area (Å²) in [6, 6.07) is 8.46. The number of fused-ring (bicyclic) bond motifs is 1. The van der Waals surface area contributed by atoms with Gasteiger partial charge in [-0.05, 0) is 50.7 Å². The lowest BCUT2D eigenvalue weighted by molar-refractivity contribution is -0.129. The summed E-state index contributed by atoms with van der Waals surface area (Å²) in [7, 11) is 0. The summed E-state index contributed by atoms with van der Waals surface area (Å²) in [5, 5.41) is 3.10. The van der Waals surface area contributed by atoms with Crippen molar-refractivity contribution in [2.45, 2.75) is 45.1 Å². The van der Waals surface area contributed by atoms with Gasteiger partial charge in [0.1, 0.15) is 0 Å². The molecule has 1 saturated heterocycles. The van der Waals surface area contributed by atoms with E-state index in [1.54, 1.807) is 0 Å². The van der Waals surface area contributed by atoms with Crippen molar-refractivity contribution in [3.63, 3.8) is 0 Å². The average Bonchev–Trinajstić information content (AvgIpc) is 3.09. The maximum Gasteiger partial charge on any atom is 0.230 e. The van der Waals surface area contributed by atoms with Crippen molar-refractivity contribution in [1.82, 2.24) is 10.2 Å². The lowest BCUT2D eigenvalue weighted by atomic mass is 9.80. The molecular weight excluding hydrogens is 366 g/mol. The van der Waals surface area contributed by atoms with Crippen molar-refractivity contribution < 1.29 is 14.3 Å². The smallest absolute Gasteiger partial charge is 0.230 e. The van der Waals surface area contributed by atoms with Crippen LogP contribution in [-0.4, -0.2) is 62.1 Å². The number of carbonyl (C=O) groups excluding carboxylic acids is 2. The molecule has 1 unspecified atom stereocenters. The first-order valence-corrected chi connectivity index (χ1v) is 11.1. The van der Waals surface area contributed by atoms with Gasteiger partial charge < -0.3 is 15.0 Å². The first kappa shape index (κ1) is 20.4. The summed E-state index contributed by atoms with van der Waals surface area (Å²) in [6.45, 7) is 7.17. The van der Waals surface area contributed by atoms with E-state index in [-0.39, 0.29) is 29.7 Å². The molecule has 3 aliphatic rings. The van der Waals surface area contributed by atoms with E-state index in [4.69, 9.17) is 4.74 Å². The van der Waals surface area contributed by atoms with E-state index in [0.29, 0.717) is 6.54 Å². The SMILES string of the molecule is CC1Cc2ccccc2N1C(=O)C1CCC(C(=O)NCCN2CCOCC2)CC1. The Morgan fingerprint density at radius 2 is 1.76 bits per heavy atom. The van der Waals surface area contributed by atoms with Gasteiger partial charge in [-0.1, -0.05) is 18.2 Å². The molecule has 1 N–H and O–H groups in total. The van der Waals surface area contributed by atoms with E-state index in [2.05, 4.69) is 29.3 Å². The minimum absolute atomic E-state index is 0.0426. The summed E-state index contributed by atoms with van der Waals surface area (Å²) in [6.07, 6.45) is 4.17. The first-order valence-electron chi connectivity index (χ1n) is 11.1. The molecule has 0 radical (unpaired) electrons. The number of amides is 2. The zero-order valence-electron chi connectivity index (χ0n) is 17.4. The van der Waals surface area contributed by atoms with Crippen LogP contribution in [0.15, 0.2) is 24.3 Å². The van der Waals surface area contributed by atoms with Crippen molar-refractivity contribution in [2.24, 2.45) is 11.8 Å². The fourth-order valence-corrected chi connectivity index (χ4v) is 5.01. The third kappa shape index (κ3) is 4.64. The Labute approximate surface area is 173 Å². The average molecular weight is 400 g/mol. The molecule has 1 atom stereocenters. The Morgan fingerprint density at radius 1 is 1.07 bits per heavy atom. The molecule has 2 fully saturated rings. The number of nitrogens with zero attached hydrogens (tertiary/aromatic N) is 2. The zero-order chi connectivity index (χ0) is 20.2. The Morgan fingerprint density at radius 3 is 2.52 bits per heavy atom. The van der Waals surface area contributed by atoms with Crippen molar-refractivity contribution in [3.05, 3.63) is 29.8 Å². The van der Waals surface area contributed by atoms with Gasteiger partial charge in [0.15, 0.2) is 0 Å². The molecule has 1 aromatic carbocycles. The van der Waals surface area contributed by atoms with E-state index in [1.807, 2.05) is 17.0 Å². The van der Waals surface area contributed by atoms with Crippen LogP contribution in [0.4, 0.5) is 5.69 Å². The third-order valence-electron chi connectivity index (χ3n) is 6.72. The van der Waals surface area contributed by atoms with Gasteiger partial charge in [-0.15, -0.1) is 0 Å². The van der Waals surface area contributed by atoms with Crippen LogP contribution < -0.4 is 10.2 Å². The van der Waals surface area contributed by atoms with Gasteiger partial charge in [-0.25, -0.2) is 0 Å². The van der Waals surface area contributed by atoms with Crippen molar-refractivity contribution in [1.29, 1.82) is 0 Å². The molecule has 1 aromatic rings. The molecule has 1 aliphatic carbocycles. The van der Waals surface area contributed by atoms with Gasteiger partial charge in [0.05, 0.1) is 13.2 Å². The minimum atomic E-state index is 0.0426. The molecule has 6 heteroatoms. The number of para-hydroxylation sites is 1. The zero-order valence-corrected chi connectivity index (χ0v) is 17.4. The van der Waals surface area contributed by atoms with E-state index in [0.717, 1.165) is 70.6 Å². The number of hydrogen-bond acceptors (Lipinski definition) is 4. The highest BCUT2D eigenvalue weighted by Crippen LogP contribution is 2.36.